The number of carbonyl (C=O) groups is 2. The fraction of sp³-hybridized carbons (Fsp3) is 0.882. The van der Waals surface area contributed by atoms with E-state index in [4.69, 9.17) is 4.74 Å². The Labute approximate surface area is 137 Å². The largest absolute Gasteiger partial charge is 0.379 e. The van der Waals surface area contributed by atoms with Crippen molar-refractivity contribution in [1.82, 2.24) is 14.7 Å². The van der Waals surface area contributed by atoms with Crippen molar-refractivity contribution in [1.29, 1.82) is 0 Å². The molecule has 4 fully saturated rings. The zero-order chi connectivity index (χ0) is 16.0. The van der Waals surface area contributed by atoms with E-state index in [9.17, 15) is 9.59 Å². The predicted molar refractivity (Wildman–Crippen MR) is 85.0 cm³/mol. The second kappa shape index (κ2) is 5.65. The van der Waals surface area contributed by atoms with E-state index in [0.717, 1.165) is 58.3 Å². The highest BCUT2D eigenvalue weighted by molar-refractivity contribution is 5.80. The average molecular weight is 321 g/mol. The van der Waals surface area contributed by atoms with Crippen molar-refractivity contribution < 1.29 is 14.3 Å². The quantitative estimate of drug-likeness (QED) is 0.770. The van der Waals surface area contributed by atoms with Crippen molar-refractivity contribution in [3.8, 4) is 0 Å². The molecule has 1 aliphatic carbocycles. The number of carbonyl (C=O) groups excluding carboxylic acids is 2. The third-order valence-corrected chi connectivity index (χ3v) is 6.25. The summed E-state index contributed by atoms with van der Waals surface area (Å²) in [7, 11) is 1.89. The number of nitrogens with zero attached hydrogens (tertiary/aromatic N) is 3. The molecule has 3 saturated heterocycles. The van der Waals surface area contributed by atoms with E-state index in [1.807, 2.05) is 16.8 Å². The molecule has 0 radical (unpaired) electrons. The topological polar surface area (TPSA) is 53.1 Å². The molecule has 1 atom stereocenters. The Balaban J connectivity index is 1.42. The van der Waals surface area contributed by atoms with Crippen molar-refractivity contribution >= 4 is 11.9 Å². The van der Waals surface area contributed by atoms with Crippen LogP contribution < -0.4 is 0 Å². The van der Waals surface area contributed by atoms with E-state index in [0.29, 0.717) is 12.5 Å². The summed E-state index contributed by atoms with van der Waals surface area (Å²) in [6, 6.07) is 0.388. The molecular weight excluding hydrogens is 294 g/mol. The SMILES string of the molecule is CN1CC2(CCOC2)N(C2CCN(C(=O)C3CCC3)CC2)C1=O. The van der Waals surface area contributed by atoms with E-state index < -0.39 is 0 Å². The van der Waals surface area contributed by atoms with Crippen LogP contribution in [-0.2, 0) is 9.53 Å². The Morgan fingerprint density at radius 3 is 2.52 bits per heavy atom. The van der Waals surface area contributed by atoms with Crippen LogP contribution in [0.4, 0.5) is 4.79 Å². The third-order valence-electron chi connectivity index (χ3n) is 6.25. The molecular formula is C17H27N3O3. The van der Waals surface area contributed by atoms with Crippen molar-refractivity contribution in [3.05, 3.63) is 0 Å². The number of hydrogen-bond donors (Lipinski definition) is 0. The number of likely N-dealkylation sites (tertiary alicyclic amines) is 1. The fourth-order valence-corrected chi connectivity index (χ4v) is 4.68. The first-order valence-electron chi connectivity index (χ1n) is 9.02. The van der Waals surface area contributed by atoms with Crippen LogP contribution in [0.1, 0.15) is 38.5 Å². The van der Waals surface area contributed by atoms with E-state index in [2.05, 4.69) is 4.90 Å². The zero-order valence-corrected chi connectivity index (χ0v) is 14.0. The number of hydrogen-bond acceptors (Lipinski definition) is 3. The van der Waals surface area contributed by atoms with E-state index in [1.165, 1.54) is 6.42 Å². The summed E-state index contributed by atoms with van der Waals surface area (Å²) in [5.74, 6) is 0.624. The maximum atomic E-state index is 12.7. The maximum Gasteiger partial charge on any atom is 0.320 e. The normalized spacial score (nSPS) is 32.9. The van der Waals surface area contributed by atoms with Crippen molar-refractivity contribution in [2.75, 3.05) is 39.9 Å². The Bertz CT molecular complexity index is 491. The number of ether oxygens (including phenoxy) is 1. The van der Waals surface area contributed by atoms with Gasteiger partial charge in [0.25, 0.3) is 0 Å². The highest BCUT2D eigenvalue weighted by atomic mass is 16.5. The van der Waals surface area contributed by atoms with Crippen LogP contribution in [0.15, 0.2) is 0 Å². The molecule has 23 heavy (non-hydrogen) atoms. The van der Waals surface area contributed by atoms with Crippen molar-refractivity contribution in [2.45, 2.75) is 50.1 Å². The van der Waals surface area contributed by atoms with Gasteiger partial charge >= 0.3 is 6.03 Å². The second-order valence-electron chi connectivity index (χ2n) is 7.72. The lowest BCUT2D eigenvalue weighted by atomic mass is 9.83. The number of likely N-dealkylation sites (N-methyl/N-ethyl adjacent to an activating group) is 1. The molecule has 0 aromatic rings. The number of urea groups is 1. The van der Waals surface area contributed by atoms with E-state index in [1.54, 1.807) is 0 Å². The maximum absolute atomic E-state index is 12.7. The molecule has 3 amide bonds. The smallest absolute Gasteiger partial charge is 0.320 e. The first kappa shape index (κ1) is 15.2. The summed E-state index contributed by atoms with van der Waals surface area (Å²) in [5.41, 5.74) is -0.128. The molecule has 1 spiro atoms. The van der Waals surface area contributed by atoms with Gasteiger partial charge in [-0.25, -0.2) is 4.79 Å². The predicted octanol–water partition coefficient (Wildman–Crippen LogP) is 1.30. The second-order valence-corrected chi connectivity index (χ2v) is 7.72. The minimum atomic E-state index is -0.128. The highest BCUT2D eigenvalue weighted by Gasteiger charge is 2.53. The summed E-state index contributed by atoms with van der Waals surface area (Å²) in [4.78, 5) is 31.0. The van der Waals surface area contributed by atoms with Gasteiger partial charge in [0.15, 0.2) is 0 Å². The van der Waals surface area contributed by atoms with Crippen LogP contribution in [0.3, 0.4) is 0 Å². The molecule has 0 aromatic heterocycles. The van der Waals surface area contributed by atoms with Crippen molar-refractivity contribution in [3.63, 3.8) is 0 Å². The van der Waals surface area contributed by atoms with Crippen molar-refractivity contribution in [2.24, 2.45) is 5.92 Å². The van der Waals surface area contributed by atoms with Gasteiger partial charge in [-0.2, -0.15) is 0 Å². The molecule has 1 saturated carbocycles. The first-order chi connectivity index (χ1) is 11.1. The number of piperidine rings is 1. The molecule has 3 heterocycles. The summed E-state index contributed by atoms with van der Waals surface area (Å²) in [6.45, 7) is 3.77. The van der Waals surface area contributed by atoms with Crippen LogP contribution >= 0.6 is 0 Å². The summed E-state index contributed by atoms with van der Waals surface area (Å²) in [5, 5.41) is 0. The molecule has 3 aliphatic heterocycles. The summed E-state index contributed by atoms with van der Waals surface area (Å²) in [6.07, 6.45) is 6.07. The van der Waals surface area contributed by atoms with Gasteiger partial charge in [0.05, 0.1) is 12.1 Å². The van der Waals surface area contributed by atoms with E-state index >= 15 is 0 Å². The lowest BCUT2D eigenvalue weighted by molar-refractivity contribution is -0.139. The average Bonchev–Trinajstić information content (AvgIpc) is 3.04. The van der Waals surface area contributed by atoms with Gasteiger partial charge in [-0.1, -0.05) is 6.42 Å². The molecule has 0 bridgehead atoms. The van der Waals surface area contributed by atoms with E-state index in [-0.39, 0.29) is 23.5 Å². The molecule has 4 aliphatic rings. The van der Waals surface area contributed by atoms with Crippen LogP contribution in [0.2, 0.25) is 0 Å². The number of rotatable bonds is 2. The molecule has 1 unspecified atom stereocenters. The van der Waals surface area contributed by atoms with Gasteiger partial charge in [0, 0.05) is 45.2 Å². The van der Waals surface area contributed by atoms with Crippen LogP contribution in [0.25, 0.3) is 0 Å². The Morgan fingerprint density at radius 2 is 1.96 bits per heavy atom. The Hall–Kier alpha value is -1.30. The zero-order valence-electron chi connectivity index (χ0n) is 14.0. The molecule has 0 N–H and O–H groups in total. The van der Waals surface area contributed by atoms with Gasteiger partial charge in [-0.3, -0.25) is 4.79 Å². The lowest BCUT2D eigenvalue weighted by Gasteiger charge is -2.43. The lowest BCUT2D eigenvalue weighted by Crippen LogP contribution is -2.56. The summed E-state index contributed by atoms with van der Waals surface area (Å²) < 4.78 is 5.63. The van der Waals surface area contributed by atoms with Gasteiger partial charge < -0.3 is 19.4 Å². The molecule has 6 nitrogen and oxygen atoms in total. The molecule has 0 aromatic carbocycles. The van der Waals surface area contributed by atoms with Crippen LogP contribution in [0.5, 0.6) is 0 Å². The molecule has 4 rings (SSSR count). The van der Waals surface area contributed by atoms with Gasteiger partial charge in [-0.05, 0) is 32.1 Å². The Kier molecular flexibility index (Phi) is 3.75. The monoisotopic (exact) mass is 321 g/mol. The third kappa shape index (κ3) is 2.42. The van der Waals surface area contributed by atoms with Gasteiger partial charge in [0.2, 0.25) is 5.91 Å². The highest BCUT2D eigenvalue weighted by Crippen LogP contribution is 2.38. The molecule has 6 heteroatoms. The number of amides is 3. The minimum absolute atomic E-state index is 0.128. The van der Waals surface area contributed by atoms with Gasteiger partial charge in [-0.15, -0.1) is 0 Å². The summed E-state index contributed by atoms with van der Waals surface area (Å²) >= 11 is 0. The van der Waals surface area contributed by atoms with Crippen LogP contribution in [-0.4, -0.2) is 78.1 Å². The standard InChI is InChI=1S/C17H27N3O3/c1-18-11-17(7-10-23-12-17)20(16(18)22)14-5-8-19(9-6-14)15(21)13-3-2-4-13/h13-14H,2-12H2,1H3. The first-order valence-corrected chi connectivity index (χ1v) is 9.02. The van der Waals surface area contributed by atoms with Gasteiger partial charge in [0.1, 0.15) is 0 Å². The van der Waals surface area contributed by atoms with Crippen LogP contribution in [0, 0.1) is 5.92 Å². The Morgan fingerprint density at radius 1 is 1.22 bits per heavy atom. The minimum Gasteiger partial charge on any atom is -0.379 e. The fourth-order valence-electron chi connectivity index (χ4n) is 4.68. The molecule has 128 valence electrons.